The minimum atomic E-state index is 0.237. The molecule has 1 N–H and O–H groups in total. The van der Waals surface area contributed by atoms with E-state index in [9.17, 15) is 9.90 Å². The van der Waals surface area contributed by atoms with Crippen molar-refractivity contribution in [2.75, 3.05) is 6.54 Å². The van der Waals surface area contributed by atoms with E-state index in [1.165, 1.54) is 12.8 Å². The van der Waals surface area contributed by atoms with Gasteiger partial charge in [0, 0.05) is 31.0 Å². The van der Waals surface area contributed by atoms with E-state index >= 15 is 0 Å². The number of carbonyl (C=O) groups is 1. The molecule has 0 aromatic heterocycles. The van der Waals surface area contributed by atoms with Crippen molar-refractivity contribution in [1.29, 1.82) is 0 Å². The maximum absolute atomic E-state index is 12.5. The molecule has 2 atom stereocenters. The van der Waals surface area contributed by atoms with E-state index in [2.05, 4.69) is 20.8 Å². The summed E-state index contributed by atoms with van der Waals surface area (Å²) in [6.45, 7) is 7.37. The summed E-state index contributed by atoms with van der Waals surface area (Å²) in [5, 5.41) is 9.51. The third-order valence-electron chi connectivity index (χ3n) is 4.96. The van der Waals surface area contributed by atoms with Crippen molar-refractivity contribution in [2.45, 2.75) is 59.3 Å². The van der Waals surface area contributed by atoms with Crippen molar-refractivity contribution in [2.24, 2.45) is 22.7 Å². The summed E-state index contributed by atoms with van der Waals surface area (Å²) in [4.78, 5) is 17.2. The maximum atomic E-state index is 12.5. The van der Waals surface area contributed by atoms with Gasteiger partial charge in [0.1, 0.15) is 11.5 Å². The van der Waals surface area contributed by atoms with E-state index in [1.54, 1.807) is 12.1 Å². The molecule has 0 radical (unpaired) electrons. The van der Waals surface area contributed by atoms with E-state index < -0.39 is 0 Å². The largest absolute Gasteiger partial charge is 0.508 e. The van der Waals surface area contributed by atoms with Crippen molar-refractivity contribution in [3.63, 3.8) is 0 Å². The quantitative estimate of drug-likeness (QED) is 0.692. The molecule has 0 aliphatic carbocycles. The van der Waals surface area contributed by atoms with E-state index in [4.69, 9.17) is 4.99 Å². The first-order valence-corrected chi connectivity index (χ1v) is 9.36. The fourth-order valence-electron chi connectivity index (χ4n) is 3.44. The van der Waals surface area contributed by atoms with Crippen LogP contribution in [-0.2, 0) is 4.79 Å². The third kappa shape index (κ3) is 5.19. The number of carbonyl (C=O) groups excluding carboxylic acids is 1. The monoisotopic (exact) mass is 329 g/mol. The lowest BCUT2D eigenvalue weighted by atomic mass is 9.81. The average molecular weight is 329 g/mol. The molecule has 2 rings (SSSR count). The lowest BCUT2D eigenvalue weighted by Gasteiger charge is -2.21. The molecule has 0 fully saturated rings. The highest BCUT2D eigenvalue weighted by molar-refractivity contribution is 6.05. The molecule has 3 nitrogen and oxygen atoms in total. The lowest BCUT2D eigenvalue weighted by Crippen LogP contribution is -2.23. The first-order chi connectivity index (χ1) is 11.5. The van der Waals surface area contributed by atoms with Crippen molar-refractivity contribution in [3.05, 3.63) is 29.8 Å². The van der Waals surface area contributed by atoms with Crippen LogP contribution in [-0.4, -0.2) is 23.1 Å². The predicted molar refractivity (Wildman–Crippen MR) is 99.7 cm³/mol. The van der Waals surface area contributed by atoms with Crippen LogP contribution >= 0.6 is 0 Å². The summed E-state index contributed by atoms with van der Waals surface area (Å²) < 4.78 is 0. The third-order valence-corrected chi connectivity index (χ3v) is 4.96. The number of aromatic hydroxyl groups is 1. The summed E-state index contributed by atoms with van der Waals surface area (Å²) in [6, 6.07) is 7.24. The molecule has 0 spiro atoms. The van der Waals surface area contributed by atoms with Gasteiger partial charge in [-0.1, -0.05) is 33.6 Å². The van der Waals surface area contributed by atoms with E-state index in [1.807, 2.05) is 12.1 Å². The second-order valence-electron chi connectivity index (χ2n) is 7.46. The van der Waals surface area contributed by atoms with E-state index in [0.29, 0.717) is 30.5 Å². The van der Waals surface area contributed by atoms with Crippen LogP contribution in [0.3, 0.4) is 0 Å². The topological polar surface area (TPSA) is 49.7 Å². The molecule has 1 aromatic rings. The van der Waals surface area contributed by atoms with Gasteiger partial charge in [-0.05, 0) is 54.5 Å². The Kier molecular flexibility index (Phi) is 7.01. The fourth-order valence-corrected chi connectivity index (χ4v) is 3.44. The highest BCUT2D eigenvalue weighted by atomic mass is 16.3. The molecule has 24 heavy (non-hydrogen) atoms. The van der Waals surface area contributed by atoms with Gasteiger partial charge in [0.05, 0.1) is 0 Å². The molecule has 3 heteroatoms. The number of nitrogens with zero attached hydrogens (tertiary/aromatic N) is 1. The van der Waals surface area contributed by atoms with Gasteiger partial charge < -0.3 is 5.11 Å². The molecular weight excluding hydrogens is 298 g/mol. The van der Waals surface area contributed by atoms with Crippen molar-refractivity contribution >= 4 is 11.5 Å². The standard InChI is InChI=1S/C21H31NO2/c1-4-5-6-17-14-22-21(16-8-11-18(23)12-9-16)20(17)13-19(24)10-7-15(2)3/h8-9,11-12,15,17,20,23H,4-7,10,13-14H2,1-3H3. The molecule has 0 amide bonds. The van der Waals surface area contributed by atoms with Gasteiger partial charge in [-0.2, -0.15) is 0 Å². The number of rotatable bonds is 9. The summed E-state index contributed by atoms with van der Waals surface area (Å²) >= 11 is 0. The van der Waals surface area contributed by atoms with Crippen LogP contribution in [0.4, 0.5) is 0 Å². The number of Topliss-reactive ketones (excluding diaryl/α,β-unsaturated/α-hetero) is 1. The number of ketones is 1. The Balaban J connectivity index is 2.10. The van der Waals surface area contributed by atoms with Crippen molar-refractivity contribution in [1.82, 2.24) is 0 Å². The number of benzene rings is 1. The first kappa shape index (κ1) is 18.7. The highest BCUT2D eigenvalue weighted by Gasteiger charge is 2.33. The zero-order valence-electron chi connectivity index (χ0n) is 15.3. The summed E-state index contributed by atoms with van der Waals surface area (Å²) in [5.74, 6) is 1.92. The van der Waals surface area contributed by atoms with E-state index in [-0.39, 0.29) is 11.7 Å². The Bertz CT molecular complexity index is 560. The Labute approximate surface area is 146 Å². The van der Waals surface area contributed by atoms with E-state index in [0.717, 1.165) is 30.7 Å². The molecule has 1 aliphatic heterocycles. The van der Waals surface area contributed by atoms with Gasteiger partial charge in [-0.15, -0.1) is 0 Å². The molecule has 0 saturated carbocycles. The summed E-state index contributed by atoms with van der Waals surface area (Å²) in [7, 11) is 0. The second-order valence-corrected chi connectivity index (χ2v) is 7.46. The second kappa shape index (κ2) is 9.00. The zero-order chi connectivity index (χ0) is 17.5. The number of hydrogen-bond donors (Lipinski definition) is 1. The lowest BCUT2D eigenvalue weighted by molar-refractivity contribution is -0.120. The van der Waals surface area contributed by atoms with Gasteiger partial charge in [0.2, 0.25) is 0 Å². The number of phenols is 1. The molecule has 0 saturated heterocycles. The smallest absolute Gasteiger partial charge is 0.133 e. The molecule has 132 valence electrons. The van der Waals surface area contributed by atoms with Crippen LogP contribution in [0.15, 0.2) is 29.3 Å². The Morgan fingerprint density at radius 3 is 2.62 bits per heavy atom. The molecule has 1 heterocycles. The number of phenolic OH excluding ortho intramolecular Hbond substituents is 1. The van der Waals surface area contributed by atoms with Gasteiger partial charge >= 0.3 is 0 Å². The van der Waals surface area contributed by atoms with Crippen LogP contribution in [0, 0.1) is 17.8 Å². The Hall–Kier alpha value is -1.64. The molecule has 1 aliphatic rings. The number of hydrogen-bond acceptors (Lipinski definition) is 3. The molecule has 2 unspecified atom stereocenters. The van der Waals surface area contributed by atoms with Gasteiger partial charge in [-0.3, -0.25) is 9.79 Å². The highest BCUT2D eigenvalue weighted by Crippen LogP contribution is 2.33. The molecule has 0 bridgehead atoms. The zero-order valence-corrected chi connectivity index (χ0v) is 15.3. The van der Waals surface area contributed by atoms with Crippen LogP contribution in [0.5, 0.6) is 5.75 Å². The predicted octanol–water partition coefficient (Wildman–Crippen LogP) is 5.01. The van der Waals surface area contributed by atoms with Gasteiger partial charge in [0.15, 0.2) is 0 Å². The Morgan fingerprint density at radius 1 is 1.29 bits per heavy atom. The van der Waals surface area contributed by atoms with Crippen LogP contribution in [0.2, 0.25) is 0 Å². The van der Waals surface area contributed by atoms with Gasteiger partial charge in [-0.25, -0.2) is 0 Å². The SMILES string of the molecule is CCCCC1CN=C(c2ccc(O)cc2)C1CC(=O)CCC(C)C. The first-order valence-electron chi connectivity index (χ1n) is 9.36. The normalized spacial score (nSPS) is 20.4. The van der Waals surface area contributed by atoms with Gasteiger partial charge in [0.25, 0.3) is 0 Å². The molecule has 1 aromatic carbocycles. The number of aliphatic imine (C=N–C) groups is 1. The summed E-state index contributed by atoms with van der Waals surface area (Å²) in [5.41, 5.74) is 2.11. The number of unbranched alkanes of at least 4 members (excludes halogenated alkanes) is 1. The molecular formula is C21H31NO2. The van der Waals surface area contributed by atoms with Crippen LogP contribution in [0.25, 0.3) is 0 Å². The fraction of sp³-hybridized carbons (Fsp3) is 0.619. The van der Waals surface area contributed by atoms with Crippen molar-refractivity contribution in [3.8, 4) is 5.75 Å². The minimum absolute atomic E-state index is 0.237. The van der Waals surface area contributed by atoms with Crippen molar-refractivity contribution < 1.29 is 9.90 Å². The minimum Gasteiger partial charge on any atom is -0.508 e. The van der Waals surface area contributed by atoms with Crippen LogP contribution < -0.4 is 0 Å². The average Bonchev–Trinajstić information content (AvgIpc) is 2.94. The summed E-state index contributed by atoms with van der Waals surface area (Å²) in [6.07, 6.45) is 5.78. The Morgan fingerprint density at radius 2 is 2.00 bits per heavy atom. The van der Waals surface area contributed by atoms with Crippen LogP contribution in [0.1, 0.15) is 64.9 Å². The maximum Gasteiger partial charge on any atom is 0.133 e.